The van der Waals surface area contributed by atoms with E-state index >= 15 is 0 Å². The van der Waals surface area contributed by atoms with Crippen LogP contribution in [0.3, 0.4) is 0 Å². The molecule has 2 aromatic rings. The lowest BCUT2D eigenvalue weighted by Crippen LogP contribution is -2.32. The van der Waals surface area contributed by atoms with Crippen LogP contribution in [0.25, 0.3) is 5.69 Å². The maximum atomic E-state index is 6.38. The summed E-state index contributed by atoms with van der Waals surface area (Å²) >= 11 is 0. The van der Waals surface area contributed by atoms with Gasteiger partial charge in [-0.3, -0.25) is 0 Å². The minimum atomic E-state index is 0.231. The third kappa shape index (κ3) is 3.23. The Morgan fingerprint density at radius 1 is 1.25 bits per heavy atom. The third-order valence-corrected chi connectivity index (χ3v) is 5.58. The minimum absolute atomic E-state index is 0.231. The highest BCUT2D eigenvalue weighted by Gasteiger charge is 2.41. The minimum Gasteiger partial charge on any atom is -0.370 e. The number of nitrogens with one attached hydrogen (secondary N) is 1. The number of benzene rings is 1. The highest BCUT2D eigenvalue weighted by Crippen LogP contribution is 2.43. The molecule has 0 radical (unpaired) electrons. The van der Waals surface area contributed by atoms with Crippen molar-refractivity contribution in [2.24, 2.45) is 0 Å². The monoisotopic (exact) mass is 326 g/mol. The van der Waals surface area contributed by atoms with Crippen LogP contribution < -0.4 is 5.32 Å². The molecule has 1 aliphatic carbocycles. The Morgan fingerprint density at radius 2 is 2.04 bits per heavy atom. The lowest BCUT2D eigenvalue weighted by molar-refractivity contribution is -0.0357. The smallest absolute Gasteiger partial charge is 0.138 e. The predicted octanol–water partition coefficient (Wildman–Crippen LogP) is 3.41. The second-order valence-electron chi connectivity index (χ2n) is 7.23. The Morgan fingerprint density at radius 3 is 2.75 bits per heavy atom. The van der Waals surface area contributed by atoms with Gasteiger partial charge in [-0.2, -0.15) is 5.10 Å². The van der Waals surface area contributed by atoms with Gasteiger partial charge in [0.2, 0.25) is 0 Å². The van der Waals surface area contributed by atoms with E-state index in [9.17, 15) is 0 Å². The molecule has 4 rings (SSSR count). The van der Waals surface area contributed by atoms with Gasteiger partial charge in [-0.05, 0) is 50.3 Å². The van der Waals surface area contributed by atoms with Crippen LogP contribution in [0.2, 0.25) is 0 Å². The first-order valence-corrected chi connectivity index (χ1v) is 9.10. The van der Waals surface area contributed by atoms with Gasteiger partial charge in [-0.25, -0.2) is 9.67 Å². The van der Waals surface area contributed by atoms with Gasteiger partial charge >= 0.3 is 0 Å². The van der Waals surface area contributed by atoms with E-state index in [0.717, 1.165) is 12.2 Å². The molecule has 5 nitrogen and oxygen atoms in total. The van der Waals surface area contributed by atoms with Gasteiger partial charge in [-0.1, -0.05) is 25.0 Å². The fraction of sp³-hybridized carbons (Fsp3) is 0.579. The summed E-state index contributed by atoms with van der Waals surface area (Å²) in [6.45, 7) is 3.15. The van der Waals surface area contributed by atoms with E-state index in [1.807, 2.05) is 0 Å². The van der Waals surface area contributed by atoms with E-state index in [-0.39, 0.29) is 5.60 Å². The van der Waals surface area contributed by atoms with Crippen LogP contribution in [0.5, 0.6) is 0 Å². The number of hydrogen-bond donors (Lipinski definition) is 1. The second-order valence-corrected chi connectivity index (χ2v) is 7.23. The lowest BCUT2D eigenvalue weighted by Gasteiger charge is -2.24. The molecule has 128 valence electrons. The van der Waals surface area contributed by atoms with Crippen molar-refractivity contribution in [1.29, 1.82) is 0 Å². The molecule has 1 spiro atoms. The van der Waals surface area contributed by atoms with E-state index < -0.39 is 0 Å². The predicted molar refractivity (Wildman–Crippen MR) is 93.1 cm³/mol. The van der Waals surface area contributed by atoms with Crippen LogP contribution in [0.1, 0.15) is 57.1 Å². The van der Waals surface area contributed by atoms with Crippen molar-refractivity contribution in [3.63, 3.8) is 0 Å². The van der Waals surface area contributed by atoms with E-state index in [1.54, 1.807) is 17.3 Å². The normalized spacial score (nSPS) is 23.8. The summed E-state index contributed by atoms with van der Waals surface area (Å²) in [6, 6.07) is 8.80. The maximum absolute atomic E-state index is 6.38. The average Bonchev–Trinajstić information content (AvgIpc) is 3.37. The SMILES string of the molecule is CC(NCC1CCC2(CCCC2)O1)c1ccc(-n2cncn2)cc1. The molecule has 2 aliphatic rings. The van der Waals surface area contributed by atoms with Crippen LogP contribution in [0.15, 0.2) is 36.9 Å². The molecule has 1 aromatic heterocycles. The molecule has 1 N–H and O–H groups in total. The van der Waals surface area contributed by atoms with Crippen molar-refractivity contribution in [2.45, 2.75) is 63.2 Å². The first kappa shape index (κ1) is 15.8. The van der Waals surface area contributed by atoms with Crippen LogP contribution in [0.4, 0.5) is 0 Å². The first-order chi connectivity index (χ1) is 11.7. The van der Waals surface area contributed by atoms with Crippen molar-refractivity contribution >= 4 is 0 Å². The number of ether oxygens (including phenoxy) is 1. The van der Waals surface area contributed by atoms with Gasteiger partial charge in [-0.15, -0.1) is 0 Å². The molecule has 2 atom stereocenters. The number of rotatable bonds is 5. The van der Waals surface area contributed by atoms with Gasteiger partial charge in [0.25, 0.3) is 0 Å². The molecule has 2 unspecified atom stereocenters. The topological polar surface area (TPSA) is 52.0 Å². The van der Waals surface area contributed by atoms with E-state index in [0.29, 0.717) is 12.1 Å². The third-order valence-electron chi connectivity index (χ3n) is 5.58. The Hall–Kier alpha value is -1.72. The molecule has 5 heteroatoms. The molecule has 1 aliphatic heterocycles. The molecule has 1 saturated carbocycles. The zero-order valence-electron chi connectivity index (χ0n) is 14.3. The zero-order valence-corrected chi connectivity index (χ0v) is 14.3. The molecule has 1 aromatic carbocycles. The van der Waals surface area contributed by atoms with Crippen molar-refractivity contribution in [1.82, 2.24) is 20.1 Å². The van der Waals surface area contributed by atoms with Crippen LogP contribution >= 0.6 is 0 Å². The quantitative estimate of drug-likeness (QED) is 0.915. The Labute approximate surface area is 143 Å². The summed E-state index contributed by atoms with van der Waals surface area (Å²) in [5.74, 6) is 0. The van der Waals surface area contributed by atoms with Crippen molar-refractivity contribution in [3.8, 4) is 5.69 Å². The summed E-state index contributed by atoms with van der Waals surface area (Å²) in [6.07, 6.45) is 11.3. The number of hydrogen-bond acceptors (Lipinski definition) is 4. The molecule has 24 heavy (non-hydrogen) atoms. The van der Waals surface area contributed by atoms with Gasteiger partial charge in [0.1, 0.15) is 12.7 Å². The highest BCUT2D eigenvalue weighted by molar-refractivity contribution is 5.34. The summed E-state index contributed by atoms with van der Waals surface area (Å²) in [5.41, 5.74) is 2.55. The summed E-state index contributed by atoms with van der Waals surface area (Å²) < 4.78 is 8.16. The van der Waals surface area contributed by atoms with E-state index in [2.05, 4.69) is 46.6 Å². The molecule has 2 fully saturated rings. The zero-order chi connectivity index (χ0) is 16.4. The molecule has 1 saturated heterocycles. The summed E-state index contributed by atoms with van der Waals surface area (Å²) in [4.78, 5) is 3.99. The average molecular weight is 326 g/mol. The largest absolute Gasteiger partial charge is 0.370 e. The fourth-order valence-electron chi connectivity index (χ4n) is 4.11. The van der Waals surface area contributed by atoms with Crippen molar-refractivity contribution in [3.05, 3.63) is 42.5 Å². The maximum Gasteiger partial charge on any atom is 0.138 e. The number of nitrogens with zero attached hydrogens (tertiary/aromatic N) is 3. The number of aromatic nitrogens is 3. The standard InChI is InChI=1S/C19H26N4O/c1-15(16-4-6-17(7-5-16)23-14-20-13-22-23)21-12-18-8-11-19(24-18)9-2-3-10-19/h4-7,13-15,18,21H,2-3,8-12H2,1H3. The summed E-state index contributed by atoms with van der Waals surface area (Å²) in [5, 5.41) is 7.80. The van der Waals surface area contributed by atoms with Crippen molar-refractivity contribution < 1.29 is 4.74 Å². The highest BCUT2D eigenvalue weighted by atomic mass is 16.5. The molecule has 2 heterocycles. The van der Waals surface area contributed by atoms with E-state index in [1.165, 1.54) is 44.1 Å². The molecule has 0 bridgehead atoms. The van der Waals surface area contributed by atoms with E-state index in [4.69, 9.17) is 4.74 Å². The Balaban J connectivity index is 1.31. The van der Waals surface area contributed by atoms with Crippen LogP contribution in [-0.4, -0.2) is 33.0 Å². The van der Waals surface area contributed by atoms with Gasteiger partial charge in [0.05, 0.1) is 17.4 Å². The van der Waals surface area contributed by atoms with Gasteiger partial charge in [0, 0.05) is 12.6 Å². The van der Waals surface area contributed by atoms with Crippen LogP contribution in [-0.2, 0) is 4.74 Å². The van der Waals surface area contributed by atoms with Gasteiger partial charge in [0.15, 0.2) is 0 Å². The lowest BCUT2D eigenvalue weighted by atomic mass is 9.98. The molecular weight excluding hydrogens is 300 g/mol. The molecule has 0 amide bonds. The van der Waals surface area contributed by atoms with Crippen molar-refractivity contribution in [2.75, 3.05) is 6.54 Å². The van der Waals surface area contributed by atoms with Crippen LogP contribution in [0, 0.1) is 0 Å². The fourth-order valence-corrected chi connectivity index (χ4v) is 4.11. The van der Waals surface area contributed by atoms with Gasteiger partial charge < -0.3 is 10.1 Å². The summed E-state index contributed by atoms with van der Waals surface area (Å²) in [7, 11) is 0. The second kappa shape index (κ2) is 6.65. The Bertz CT molecular complexity index is 647. The first-order valence-electron chi connectivity index (χ1n) is 9.10. The Kier molecular flexibility index (Phi) is 4.37. The molecular formula is C19H26N4O.